The van der Waals surface area contributed by atoms with Gasteiger partial charge in [-0.25, -0.2) is 0 Å². The summed E-state index contributed by atoms with van der Waals surface area (Å²) in [6.07, 6.45) is 2.12. The van der Waals surface area contributed by atoms with Crippen molar-refractivity contribution in [2.45, 2.75) is 18.6 Å². The monoisotopic (exact) mass is 332 g/mol. The fourth-order valence-corrected chi connectivity index (χ4v) is 2.05. The van der Waals surface area contributed by atoms with Gasteiger partial charge in [-0.15, -0.1) is 0 Å². The van der Waals surface area contributed by atoms with Crippen molar-refractivity contribution in [2.75, 3.05) is 18.1 Å². The normalized spacial score (nSPS) is 11.3. The Labute approximate surface area is 121 Å². The van der Waals surface area contributed by atoms with Crippen molar-refractivity contribution < 1.29 is 0 Å². The van der Waals surface area contributed by atoms with Crippen molar-refractivity contribution in [2.24, 2.45) is 5.73 Å². The Morgan fingerprint density at radius 1 is 1.53 bits per heavy atom. The number of hydrogen-bond acceptors (Lipinski definition) is 3. The minimum Gasteiger partial charge on any atom is -0.389 e. The molecule has 17 heavy (non-hydrogen) atoms. The summed E-state index contributed by atoms with van der Waals surface area (Å²) in [5, 5.41) is 3.42. The highest BCUT2D eigenvalue weighted by atomic mass is 79.9. The molecule has 0 saturated heterocycles. The molecule has 1 aromatic carbocycles. The largest absolute Gasteiger partial charge is 0.389 e. The van der Waals surface area contributed by atoms with Gasteiger partial charge in [-0.1, -0.05) is 12.2 Å². The molecule has 0 unspecified atom stereocenters. The quantitative estimate of drug-likeness (QED) is 0.807. The zero-order valence-corrected chi connectivity index (χ0v) is 13.4. The Morgan fingerprint density at radius 3 is 2.65 bits per heavy atom. The number of benzene rings is 1. The molecule has 0 spiro atoms. The fraction of sp³-hybridized carbons (Fsp3) is 0.417. The van der Waals surface area contributed by atoms with Gasteiger partial charge in [0.05, 0.1) is 0 Å². The predicted octanol–water partition coefficient (Wildman–Crippen LogP) is 3.64. The molecule has 0 saturated carbocycles. The van der Waals surface area contributed by atoms with E-state index in [1.807, 2.05) is 30.0 Å². The lowest BCUT2D eigenvalue weighted by Gasteiger charge is -2.23. The number of thioether (sulfide) groups is 1. The highest BCUT2D eigenvalue weighted by molar-refractivity contribution is 9.10. The highest BCUT2D eigenvalue weighted by Crippen LogP contribution is 2.26. The Bertz CT molecular complexity index is 419. The van der Waals surface area contributed by atoms with E-state index in [-0.39, 0.29) is 4.75 Å². The standard InChI is InChI=1S/C12H17BrN2S2/c1-12(2,17-3)7-15-10-5-4-8(11(14)16)6-9(10)13/h4-6,15H,7H2,1-3H3,(H2,14,16). The SMILES string of the molecule is CSC(C)(C)CNc1ccc(C(N)=S)cc1Br. The maximum absolute atomic E-state index is 5.58. The number of halogens is 1. The molecular weight excluding hydrogens is 316 g/mol. The minimum absolute atomic E-state index is 0.210. The van der Waals surface area contributed by atoms with Crippen LogP contribution in [0.3, 0.4) is 0 Å². The van der Waals surface area contributed by atoms with Crippen LogP contribution in [-0.2, 0) is 0 Å². The maximum atomic E-state index is 5.58. The molecule has 0 aliphatic carbocycles. The van der Waals surface area contributed by atoms with E-state index in [2.05, 4.69) is 41.3 Å². The zero-order valence-electron chi connectivity index (χ0n) is 10.2. The molecule has 2 nitrogen and oxygen atoms in total. The Morgan fingerprint density at radius 2 is 2.18 bits per heavy atom. The van der Waals surface area contributed by atoms with E-state index in [1.54, 1.807) is 0 Å². The molecule has 5 heteroatoms. The van der Waals surface area contributed by atoms with Crippen molar-refractivity contribution >= 4 is 50.6 Å². The first-order chi connectivity index (χ1) is 7.85. The molecule has 0 bridgehead atoms. The smallest absolute Gasteiger partial charge is 0.104 e. The highest BCUT2D eigenvalue weighted by Gasteiger charge is 2.15. The number of hydrogen-bond donors (Lipinski definition) is 2. The minimum atomic E-state index is 0.210. The van der Waals surface area contributed by atoms with Crippen LogP contribution in [0.4, 0.5) is 5.69 Å². The molecule has 0 fully saturated rings. The van der Waals surface area contributed by atoms with Gasteiger partial charge in [-0.05, 0) is 54.2 Å². The van der Waals surface area contributed by atoms with Crippen LogP contribution >= 0.6 is 39.9 Å². The van der Waals surface area contributed by atoms with E-state index < -0.39 is 0 Å². The van der Waals surface area contributed by atoms with Gasteiger partial charge < -0.3 is 11.1 Å². The molecule has 1 aromatic rings. The second kappa shape index (κ2) is 6.07. The number of thiocarbonyl (C=S) groups is 1. The third-order valence-electron chi connectivity index (χ3n) is 2.51. The summed E-state index contributed by atoms with van der Waals surface area (Å²) in [5.74, 6) is 0. The van der Waals surface area contributed by atoms with Gasteiger partial charge >= 0.3 is 0 Å². The van der Waals surface area contributed by atoms with Gasteiger partial charge in [0, 0.05) is 27.0 Å². The number of nitrogens with two attached hydrogens (primary N) is 1. The molecule has 1 rings (SSSR count). The first-order valence-corrected chi connectivity index (χ1v) is 7.67. The van der Waals surface area contributed by atoms with Crippen molar-refractivity contribution in [1.82, 2.24) is 0 Å². The Kier molecular flexibility index (Phi) is 5.28. The van der Waals surface area contributed by atoms with E-state index in [4.69, 9.17) is 18.0 Å². The topological polar surface area (TPSA) is 38.0 Å². The Balaban J connectivity index is 2.77. The van der Waals surface area contributed by atoms with Crippen LogP contribution in [0.1, 0.15) is 19.4 Å². The van der Waals surface area contributed by atoms with Gasteiger partial charge in [0.25, 0.3) is 0 Å². The summed E-state index contributed by atoms with van der Waals surface area (Å²) in [6, 6.07) is 5.87. The van der Waals surface area contributed by atoms with Crippen LogP contribution in [0.25, 0.3) is 0 Å². The van der Waals surface area contributed by atoms with Crippen LogP contribution in [0.5, 0.6) is 0 Å². The van der Waals surface area contributed by atoms with Gasteiger partial charge in [0.1, 0.15) is 4.99 Å². The van der Waals surface area contributed by atoms with Crippen molar-refractivity contribution in [3.8, 4) is 0 Å². The second-order valence-corrected chi connectivity index (χ2v) is 7.18. The average Bonchev–Trinajstić information content (AvgIpc) is 2.27. The summed E-state index contributed by atoms with van der Waals surface area (Å²) >= 11 is 10.3. The van der Waals surface area contributed by atoms with Crippen LogP contribution in [-0.4, -0.2) is 22.5 Å². The van der Waals surface area contributed by atoms with Crippen molar-refractivity contribution in [3.63, 3.8) is 0 Å². The molecule has 0 amide bonds. The molecule has 3 N–H and O–H groups in total. The first-order valence-electron chi connectivity index (χ1n) is 5.24. The zero-order chi connectivity index (χ0) is 13.1. The third kappa shape index (κ3) is 4.48. The van der Waals surface area contributed by atoms with E-state index in [0.717, 1.165) is 22.3 Å². The molecule has 0 aliphatic rings. The van der Waals surface area contributed by atoms with Crippen molar-refractivity contribution in [3.05, 3.63) is 28.2 Å². The van der Waals surface area contributed by atoms with E-state index in [9.17, 15) is 0 Å². The summed E-state index contributed by atoms with van der Waals surface area (Å²) in [4.78, 5) is 0.418. The molecule has 94 valence electrons. The predicted molar refractivity (Wildman–Crippen MR) is 86.1 cm³/mol. The number of rotatable bonds is 5. The van der Waals surface area contributed by atoms with Gasteiger partial charge in [0.15, 0.2) is 0 Å². The molecule has 0 radical (unpaired) electrons. The summed E-state index contributed by atoms with van der Waals surface area (Å²) < 4.78 is 1.20. The van der Waals surface area contributed by atoms with Gasteiger partial charge in [0.2, 0.25) is 0 Å². The molecule has 0 aliphatic heterocycles. The van der Waals surface area contributed by atoms with Crippen LogP contribution in [0, 0.1) is 0 Å². The third-order valence-corrected chi connectivity index (χ3v) is 4.65. The summed E-state index contributed by atoms with van der Waals surface area (Å²) in [6.45, 7) is 5.32. The summed E-state index contributed by atoms with van der Waals surface area (Å²) in [7, 11) is 0. The van der Waals surface area contributed by atoms with E-state index in [0.29, 0.717) is 4.99 Å². The van der Waals surface area contributed by atoms with Gasteiger partial charge in [-0.3, -0.25) is 0 Å². The molecule has 0 atom stereocenters. The molecule has 0 aromatic heterocycles. The van der Waals surface area contributed by atoms with Crippen LogP contribution in [0.2, 0.25) is 0 Å². The van der Waals surface area contributed by atoms with E-state index in [1.165, 1.54) is 0 Å². The van der Waals surface area contributed by atoms with Crippen molar-refractivity contribution in [1.29, 1.82) is 0 Å². The Hall–Kier alpha value is -0.260. The fourth-order valence-electron chi connectivity index (χ4n) is 1.19. The average molecular weight is 333 g/mol. The van der Waals surface area contributed by atoms with E-state index >= 15 is 0 Å². The van der Waals surface area contributed by atoms with Crippen LogP contribution < -0.4 is 11.1 Å². The molecular formula is C12H17BrN2S2. The lowest BCUT2D eigenvalue weighted by atomic mass is 10.2. The second-order valence-electron chi connectivity index (χ2n) is 4.38. The number of anilines is 1. The lowest BCUT2D eigenvalue weighted by molar-refractivity contribution is 0.752. The summed E-state index contributed by atoms with van der Waals surface area (Å²) in [5.41, 5.74) is 7.52. The first kappa shape index (κ1) is 14.8. The number of nitrogens with one attached hydrogen (secondary N) is 1. The van der Waals surface area contributed by atoms with Gasteiger partial charge in [-0.2, -0.15) is 11.8 Å². The molecule has 0 heterocycles. The lowest BCUT2D eigenvalue weighted by Crippen LogP contribution is -2.26. The van der Waals surface area contributed by atoms with Crippen LogP contribution in [0.15, 0.2) is 22.7 Å². The maximum Gasteiger partial charge on any atom is 0.104 e.